The summed E-state index contributed by atoms with van der Waals surface area (Å²) in [5.74, 6) is 0.412. The lowest BCUT2D eigenvalue weighted by atomic mass is 9.94. The molecule has 1 aliphatic rings. The van der Waals surface area contributed by atoms with Crippen molar-refractivity contribution in [1.29, 1.82) is 0 Å². The summed E-state index contributed by atoms with van der Waals surface area (Å²) in [4.78, 5) is 23.5. The molecular formula is C27H26FN4O+. The largest absolute Gasteiger partial charge is 0.354 e. The Morgan fingerprint density at radius 1 is 1.03 bits per heavy atom. The van der Waals surface area contributed by atoms with Crippen LogP contribution in [-0.4, -0.2) is 27.3 Å². The number of hydrogen-bond donors (Lipinski definition) is 2. The third kappa shape index (κ3) is 4.30. The second-order valence-corrected chi connectivity index (χ2v) is 8.39. The minimum absolute atomic E-state index is 0.0106. The lowest BCUT2D eigenvalue weighted by Gasteiger charge is -2.35. The van der Waals surface area contributed by atoms with Gasteiger partial charge in [0.15, 0.2) is 0 Å². The van der Waals surface area contributed by atoms with Crippen LogP contribution in [0.1, 0.15) is 38.9 Å². The Labute approximate surface area is 192 Å². The molecule has 1 aliphatic heterocycles. The number of nitrogens with one attached hydrogen (secondary N) is 1. The van der Waals surface area contributed by atoms with Crippen LogP contribution in [0.2, 0.25) is 0 Å². The molecule has 4 aromatic rings. The van der Waals surface area contributed by atoms with Crippen molar-refractivity contribution in [2.75, 3.05) is 6.54 Å². The predicted octanol–water partition coefficient (Wildman–Crippen LogP) is 3.94. The fourth-order valence-corrected chi connectivity index (χ4v) is 4.51. The summed E-state index contributed by atoms with van der Waals surface area (Å²) < 4.78 is 13.8. The maximum atomic E-state index is 13.8. The molecule has 4 N–H and O–H groups in total. The van der Waals surface area contributed by atoms with Gasteiger partial charge in [-0.1, -0.05) is 48.5 Å². The van der Waals surface area contributed by atoms with E-state index in [0.29, 0.717) is 25.3 Å². The molecular weight excluding hydrogens is 415 g/mol. The van der Waals surface area contributed by atoms with Gasteiger partial charge in [0.05, 0.1) is 24.5 Å². The van der Waals surface area contributed by atoms with Crippen molar-refractivity contribution in [1.82, 2.24) is 14.9 Å². The average molecular weight is 442 g/mol. The van der Waals surface area contributed by atoms with Gasteiger partial charge in [0.2, 0.25) is 0 Å². The van der Waals surface area contributed by atoms with Crippen molar-refractivity contribution in [2.45, 2.75) is 25.4 Å². The van der Waals surface area contributed by atoms with Crippen molar-refractivity contribution < 1.29 is 14.9 Å². The lowest BCUT2D eigenvalue weighted by Crippen LogP contribution is -2.47. The lowest BCUT2D eigenvalue weighted by molar-refractivity contribution is -0.386. The molecule has 0 radical (unpaired) electrons. The van der Waals surface area contributed by atoms with Crippen LogP contribution >= 0.6 is 0 Å². The Balaban J connectivity index is 1.51. The predicted molar refractivity (Wildman–Crippen MR) is 125 cm³/mol. The number of carbonyl (C=O) groups is 1. The van der Waals surface area contributed by atoms with E-state index >= 15 is 0 Å². The van der Waals surface area contributed by atoms with Gasteiger partial charge in [-0.3, -0.25) is 4.79 Å². The van der Waals surface area contributed by atoms with Crippen LogP contribution in [0.25, 0.3) is 11.3 Å². The van der Waals surface area contributed by atoms with Gasteiger partial charge in [0, 0.05) is 29.7 Å². The molecule has 0 fully saturated rings. The molecule has 0 bridgehead atoms. The Bertz CT molecular complexity index is 1280. The zero-order valence-electron chi connectivity index (χ0n) is 18.3. The molecule has 0 spiro atoms. The molecule has 166 valence electrons. The molecule has 5 nitrogen and oxygen atoms in total. The zero-order chi connectivity index (χ0) is 22.8. The number of fused-ring (bicyclic) bond motifs is 1. The monoisotopic (exact) mass is 441 g/mol. The van der Waals surface area contributed by atoms with Crippen LogP contribution in [0, 0.1) is 5.82 Å². The van der Waals surface area contributed by atoms with Crippen molar-refractivity contribution in [3.8, 4) is 11.3 Å². The molecule has 1 atom stereocenters. The number of benzene rings is 3. The van der Waals surface area contributed by atoms with Gasteiger partial charge < -0.3 is 15.6 Å². The van der Waals surface area contributed by atoms with E-state index in [4.69, 9.17) is 0 Å². The maximum absolute atomic E-state index is 13.8. The molecule has 5 rings (SSSR count). The number of hydrogen-bond acceptors (Lipinski definition) is 2. The first-order valence-corrected chi connectivity index (χ1v) is 11.2. The molecule has 0 unspecified atom stereocenters. The topological polar surface area (TPSA) is 76.6 Å². The summed E-state index contributed by atoms with van der Waals surface area (Å²) in [6.45, 7) is 1.32. The molecule has 2 heterocycles. The quantitative estimate of drug-likeness (QED) is 0.476. The van der Waals surface area contributed by atoms with Gasteiger partial charge in [0.1, 0.15) is 11.6 Å². The number of nitrogens with zero attached hydrogens (tertiary/aromatic N) is 2. The highest BCUT2D eigenvalue weighted by Crippen LogP contribution is 2.31. The molecule has 0 saturated carbocycles. The smallest absolute Gasteiger partial charge is 0.254 e. The first kappa shape index (κ1) is 21.1. The average Bonchev–Trinajstić information content (AvgIpc) is 3.34. The number of aromatic nitrogens is 2. The standard InChI is InChI=1S/C27H25FN4O/c28-22-8-4-7-21(15-22)24-17-30-26(31-24)25(14-18-5-2-1-3-6-18)32-12-11-20-13-19(16-29)9-10-23(20)27(32)33/h1-10,13,15,17,25H,11-12,14,16,29H2,(H,30,31)/p+1/t25-/m0/s1. The van der Waals surface area contributed by atoms with Crippen molar-refractivity contribution >= 4 is 5.91 Å². The number of carbonyl (C=O) groups excluding carboxylic acids is 1. The van der Waals surface area contributed by atoms with Crippen molar-refractivity contribution in [3.63, 3.8) is 0 Å². The van der Waals surface area contributed by atoms with Gasteiger partial charge in [-0.15, -0.1) is 0 Å². The van der Waals surface area contributed by atoms with Crippen LogP contribution in [0.4, 0.5) is 4.39 Å². The SMILES string of the molecule is [NH3+]Cc1ccc2c(c1)CCN([C@@H](Cc1ccccc1)c1ncc(-c3cccc(F)c3)[nH]1)C2=O. The van der Waals surface area contributed by atoms with E-state index in [2.05, 4.69) is 33.9 Å². The first-order valence-electron chi connectivity index (χ1n) is 11.2. The van der Waals surface area contributed by atoms with Gasteiger partial charge in [-0.2, -0.15) is 0 Å². The summed E-state index contributed by atoms with van der Waals surface area (Å²) in [7, 11) is 0. The van der Waals surface area contributed by atoms with Gasteiger partial charge in [-0.25, -0.2) is 9.37 Å². The number of rotatable bonds is 6. The van der Waals surface area contributed by atoms with Crippen LogP contribution in [0.15, 0.2) is 79.0 Å². The summed E-state index contributed by atoms with van der Waals surface area (Å²) in [5.41, 5.74) is 9.50. The summed E-state index contributed by atoms with van der Waals surface area (Å²) >= 11 is 0. The molecule has 33 heavy (non-hydrogen) atoms. The number of imidazole rings is 1. The summed E-state index contributed by atoms with van der Waals surface area (Å²) in [5, 5.41) is 0. The number of H-pyrrole nitrogens is 1. The van der Waals surface area contributed by atoms with E-state index in [1.807, 2.05) is 41.3 Å². The van der Waals surface area contributed by atoms with Crippen LogP contribution in [-0.2, 0) is 19.4 Å². The molecule has 6 heteroatoms. The van der Waals surface area contributed by atoms with E-state index in [0.717, 1.165) is 39.9 Å². The number of quaternary nitrogens is 1. The highest BCUT2D eigenvalue weighted by atomic mass is 19.1. The van der Waals surface area contributed by atoms with Crippen LogP contribution in [0.5, 0.6) is 0 Å². The molecule has 0 aliphatic carbocycles. The van der Waals surface area contributed by atoms with Gasteiger partial charge in [0.25, 0.3) is 5.91 Å². The minimum Gasteiger partial charge on any atom is -0.354 e. The third-order valence-corrected chi connectivity index (χ3v) is 6.27. The van der Waals surface area contributed by atoms with E-state index in [1.54, 1.807) is 12.3 Å². The molecule has 3 aromatic carbocycles. The summed E-state index contributed by atoms with van der Waals surface area (Å²) in [6, 6.07) is 22.3. The highest BCUT2D eigenvalue weighted by Gasteiger charge is 2.32. The second-order valence-electron chi connectivity index (χ2n) is 8.39. The summed E-state index contributed by atoms with van der Waals surface area (Å²) in [6.07, 6.45) is 3.14. The Morgan fingerprint density at radius 2 is 1.88 bits per heavy atom. The number of amides is 1. The van der Waals surface area contributed by atoms with Gasteiger partial charge >= 0.3 is 0 Å². The van der Waals surface area contributed by atoms with E-state index in [9.17, 15) is 9.18 Å². The van der Waals surface area contributed by atoms with E-state index in [1.165, 1.54) is 12.1 Å². The fraction of sp³-hybridized carbons (Fsp3) is 0.185. The van der Waals surface area contributed by atoms with Crippen molar-refractivity contribution in [3.05, 3.63) is 113 Å². The van der Waals surface area contributed by atoms with Gasteiger partial charge in [-0.05, 0) is 41.8 Å². The fourth-order valence-electron chi connectivity index (χ4n) is 4.51. The number of aromatic amines is 1. The minimum atomic E-state index is -0.297. The first-order chi connectivity index (χ1) is 16.1. The third-order valence-electron chi connectivity index (χ3n) is 6.27. The van der Waals surface area contributed by atoms with E-state index < -0.39 is 0 Å². The zero-order valence-corrected chi connectivity index (χ0v) is 18.3. The number of halogens is 1. The molecule has 1 amide bonds. The Hall–Kier alpha value is -3.77. The Morgan fingerprint density at radius 3 is 2.67 bits per heavy atom. The van der Waals surface area contributed by atoms with Crippen molar-refractivity contribution in [2.24, 2.45) is 0 Å². The maximum Gasteiger partial charge on any atom is 0.254 e. The molecule has 1 aromatic heterocycles. The van der Waals surface area contributed by atoms with Crippen LogP contribution < -0.4 is 5.73 Å². The highest BCUT2D eigenvalue weighted by molar-refractivity contribution is 5.97. The normalized spacial score (nSPS) is 14.2. The Kier molecular flexibility index (Phi) is 5.75. The van der Waals surface area contributed by atoms with Crippen LogP contribution in [0.3, 0.4) is 0 Å². The second kappa shape index (κ2) is 9.00. The molecule has 0 saturated heterocycles. The van der Waals surface area contributed by atoms with E-state index in [-0.39, 0.29) is 17.8 Å².